The third-order valence-electron chi connectivity index (χ3n) is 2.98. The van der Waals surface area contributed by atoms with Crippen LogP contribution in [0.15, 0.2) is 41.6 Å². The van der Waals surface area contributed by atoms with Gasteiger partial charge in [0, 0.05) is 5.02 Å². The number of aromatic amines is 1. The van der Waals surface area contributed by atoms with Gasteiger partial charge in [0.15, 0.2) is 5.16 Å². The molecule has 2 aromatic carbocycles. The lowest BCUT2D eigenvalue weighted by Gasteiger charge is -2.09. The van der Waals surface area contributed by atoms with Crippen molar-refractivity contribution in [2.24, 2.45) is 0 Å². The Morgan fingerprint density at radius 3 is 2.57 bits per heavy atom. The van der Waals surface area contributed by atoms with Gasteiger partial charge in [-0.3, -0.25) is 4.79 Å². The molecule has 2 N–H and O–H groups in total. The fraction of sp³-hybridized carbons (Fsp3) is 0.0667. The Labute approximate surface area is 151 Å². The van der Waals surface area contributed by atoms with Gasteiger partial charge in [-0.1, -0.05) is 58.7 Å². The molecule has 118 valence electrons. The summed E-state index contributed by atoms with van der Waals surface area (Å²) >= 11 is 19.2. The minimum absolute atomic E-state index is 0.176. The third kappa shape index (κ3) is 3.93. The van der Waals surface area contributed by atoms with E-state index in [9.17, 15) is 4.79 Å². The molecule has 3 rings (SSSR count). The van der Waals surface area contributed by atoms with Crippen molar-refractivity contribution in [3.8, 4) is 0 Å². The number of thioether (sulfide) groups is 1. The molecule has 4 nitrogen and oxygen atoms in total. The predicted molar refractivity (Wildman–Crippen MR) is 96.9 cm³/mol. The van der Waals surface area contributed by atoms with Gasteiger partial charge in [0.25, 0.3) is 0 Å². The highest BCUT2D eigenvalue weighted by Gasteiger charge is 2.12. The molecule has 1 amide bonds. The lowest BCUT2D eigenvalue weighted by molar-refractivity contribution is -0.113. The van der Waals surface area contributed by atoms with Crippen molar-refractivity contribution in [3.05, 3.63) is 51.5 Å². The first kappa shape index (κ1) is 16.5. The Morgan fingerprint density at radius 1 is 1.17 bits per heavy atom. The van der Waals surface area contributed by atoms with Gasteiger partial charge in [-0.25, -0.2) is 4.98 Å². The molecule has 0 aliphatic carbocycles. The van der Waals surface area contributed by atoms with Crippen LogP contribution in [0.2, 0.25) is 15.1 Å². The number of fused-ring (bicyclic) bond motifs is 1. The van der Waals surface area contributed by atoms with Crippen LogP contribution in [-0.4, -0.2) is 21.6 Å². The van der Waals surface area contributed by atoms with Crippen LogP contribution < -0.4 is 5.32 Å². The molecule has 0 aliphatic heterocycles. The summed E-state index contributed by atoms with van der Waals surface area (Å²) in [5.74, 6) is -0.0589. The van der Waals surface area contributed by atoms with E-state index in [-0.39, 0.29) is 11.7 Å². The van der Waals surface area contributed by atoms with Gasteiger partial charge in [0.2, 0.25) is 5.91 Å². The summed E-state index contributed by atoms with van der Waals surface area (Å²) in [4.78, 5) is 19.6. The van der Waals surface area contributed by atoms with Crippen molar-refractivity contribution >= 4 is 69.2 Å². The Morgan fingerprint density at radius 2 is 1.87 bits per heavy atom. The highest BCUT2D eigenvalue weighted by atomic mass is 35.5. The molecule has 0 unspecified atom stereocenters. The van der Waals surface area contributed by atoms with E-state index in [1.165, 1.54) is 23.9 Å². The number of carbonyl (C=O) groups excluding carboxylic acids is 1. The van der Waals surface area contributed by atoms with Crippen LogP contribution in [0.5, 0.6) is 0 Å². The summed E-state index contributed by atoms with van der Waals surface area (Å²) in [6.45, 7) is 0. The monoisotopic (exact) mass is 385 g/mol. The standard InChI is InChI=1S/C15H10Cl3N3OS/c16-8-5-9(17)14(10(18)6-8)21-13(22)7-23-15-19-11-3-1-2-4-12(11)20-15/h1-6H,7H2,(H,19,20)(H,21,22). The van der Waals surface area contributed by atoms with Gasteiger partial charge in [0.1, 0.15) is 0 Å². The first-order chi connectivity index (χ1) is 11.0. The number of amides is 1. The van der Waals surface area contributed by atoms with Crippen LogP contribution in [0.1, 0.15) is 0 Å². The maximum absolute atomic E-state index is 12.1. The number of nitrogens with one attached hydrogen (secondary N) is 2. The van der Waals surface area contributed by atoms with E-state index in [1.807, 2.05) is 24.3 Å². The number of carbonyl (C=O) groups is 1. The SMILES string of the molecule is O=C(CSc1nc2ccccc2[nH]1)Nc1c(Cl)cc(Cl)cc1Cl. The third-order valence-corrected chi connectivity index (χ3v) is 4.67. The van der Waals surface area contributed by atoms with Gasteiger partial charge < -0.3 is 10.3 Å². The van der Waals surface area contributed by atoms with E-state index in [2.05, 4.69) is 15.3 Å². The zero-order valence-electron chi connectivity index (χ0n) is 11.6. The number of anilines is 1. The minimum Gasteiger partial charge on any atom is -0.333 e. The molecule has 0 saturated heterocycles. The van der Waals surface area contributed by atoms with Crippen LogP contribution in [0.4, 0.5) is 5.69 Å². The molecule has 0 spiro atoms. The lowest BCUT2D eigenvalue weighted by atomic mass is 10.3. The summed E-state index contributed by atoms with van der Waals surface area (Å²) < 4.78 is 0. The highest BCUT2D eigenvalue weighted by molar-refractivity contribution is 7.99. The Kier molecular flexibility index (Phi) is 5.02. The second-order valence-electron chi connectivity index (χ2n) is 4.64. The van der Waals surface area contributed by atoms with E-state index >= 15 is 0 Å². The van der Waals surface area contributed by atoms with Crippen LogP contribution in [-0.2, 0) is 4.79 Å². The molecule has 1 heterocycles. The number of rotatable bonds is 4. The van der Waals surface area contributed by atoms with Crippen molar-refractivity contribution in [3.63, 3.8) is 0 Å². The van der Waals surface area contributed by atoms with Crippen molar-refractivity contribution in [2.75, 3.05) is 11.1 Å². The Hall–Kier alpha value is -1.40. The van der Waals surface area contributed by atoms with E-state index in [0.29, 0.717) is 25.9 Å². The number of para-hydroxylation sites is 2. The maximum Gasteiger partial charge on any atom is 0.234 e. The lowest BCUT2D eigenvalue weighted by Crippen LogP contribution is -2.14. The number of benzene rings is 2. The molecular formula is C15H10Cl3N3OS. The topological polar surface area (TPSA) is 57.8 Å². The van der Waals surface area contributed by atoms with Crippen LogP contribution >= 0.6 is 46.6 Å². The van der Waals surface area contributed by atoms with Crippen molar-refractivity contribution in [1.29, 1.82) is 0 Å². The van der Waals surface area contributed by atoms with Crippen LogP contribution in [0.3, 0.4) is 0 Å². The number of aromatic nitrogens is 2. The molecule has 0 saturated carbocycles. The predicted octanol–water partition coefficient (Wildman–Crippen LogP) is 5.25. The zero-order valence-corrected chi connectivity index (χ0v) is 14.7. The largest absolute Gasteiger partial charge is 0.333 e. The van der Waals surface area contributed by atoms with Gasteiger partial charge in [-0.05, 0) is 24.3 Å². The number of imidazole rings is 1. The number of nitrogens with zero attached hydrogens (tertiary/aromatic N) is 1. The van der Waals surface area contributed by atoms with Gasteiger partial charge in [-0.15, -0.1) is 0 Å². The highest BCUT2D eigenvalue weighted by Crippen LogP contribution is 2.33. The zero-order chi connectivity index (χ0) is 16.4. The van der Waals surface area contributed by atoms with Gasteiger partial charge in [-0.2, -0.15) is 0 Å². The van der Waals surface area contributed by atoms with Gasteiger partial charge in [0.05, 0.1) is 32.5 Å². The summed E-state index contributed by atoms with van der Waals surface area (Å²) in [5.41, 5.74) is 2.14. The van der Waals surface area contributed by atoms with E-state index in [1.54, 1.807) is 0 Å². The quantitative estimate of drug-likeness (QED) is 0.602. The molecule has 0 aliphatic rings. The van der Waals surface area contributed by atoms with Crippen molar-refractivity contribution in [1.82, 2.24) is 9.97 Å². The fourth-order valence-electron chi connectivity index (χ4n) is 1.97. The molecule has 23 heavy (non-hydrogen) atoms. The summed E-state index contributed by atoms with van der Waals surface area (Å²) in [6.07, 6.45) is 0. The summed E-state index contributed by atoms with van der Waals surface area (Å²) in [7, 11) is 0. The number of halogens is 3. The Balaban J connectivity index is 1.66. The molecule has 1 aromatic heterocycles. The fourth-order valence-corrected chi connectivity index (χ4v) is 3.57. The summed E-state index contributed by atoms with van der Waals surface area (Å²) in [5, 5.41) is 4.36. The smallest absolute Gasteiger partial charge is 0.234 e. The first-order valence-electron chi connectivity index (χ1n) is 6.55. The summed E-state index contributed by atoms with van der Waals surface area (Å²) in [6, 6.07) is 10.7. The average molecular weight is 387 g/mol. The normalized spacial score (nSPS) is 10.9. The van der Waals surface area contributed by atoms with Crippen LogP contribution in [0, 0.1) is 0 Å². The van der Waals surface area contributed by atoms with E-state index < -0.39 is 0 Å². The first-order valence-corrected chi connectivity index (χ1v) is 8.67. The number of hydrogen-bond donors (Lipinski definition) is 2. The van der Waals surface area contributed by atoms with Gasteiger partial charge >= 0.3 is 0 Å². The molecule has 0 radical (unpaired) electrons. The van der Waals surface area contributed by atoms with Crippen molar-refractivity contribution in [2.45, 2.75) is 5.16 Å². The number of hydrogen-bond acceptors (Lipinski definition) is 3. The Bertz CT molecular complexity index is 825. The maximum atomic E-state index is 12.1. The molecule has 0 bridgehead atoms. The van der Waals surface area contributed by atoms with Crippen LogP contribution in [0.25, 0.3) is 11.0 Å². The van der Waals surface area contributed by atoms with E-state index in [0.717, 1.165) is 11.0 Å². The second-order valence-corrected chi connectivity index (χ2v) is 6.86. The molecule has 0 atom stereocenters. The molecule has 8 heteroatoms. The molecular weight excluding hydrogens is 377 g/mol. The minimum atomic E-state index is -0.235. The molecule has 3 aromatic rings. The van der Waals surface area contributed by atoms with Crippen molar-refractivity contribution < 1.29 is 4.79 Å². The second kappa shape index (κ2) is 7.01. The number of H-pyrrole nitrogens is 1. The average Bonchev–Trinajstić information content (AvgIpc) is 2.91. The van der Waals surface area contributed by atoms with E-state index in [4.69, 9.17) is 34.8 Å². The molecule has 0 fully saturated rings.